The first-order valence-electron chi connectivity index (χ1n) is 7.53. The van der Waals surface area contributed by atoms with Gasteiger partial charge in [-0.15, -0.1) is 0 Å². The second-order valence-electron chi connectivity index (χ2n) is 5.26. The molecule has 0 aliphatic carbocycles. The molecule has 1 aromatic carbocycles. The van der Waals surface area contributed by atoms with Crippen LogP contribution >= 0.6 is 0 Å². The summed E-state index contributed by atoms with van der Waals surface area (Å²) < 4.78 is 0. The second kappa shape index (κ2) is 8.73. The van der Waals surface area contributed by atoms with E-state index >= 15 is 0 Å². The first-order valence-corrected chi connectivity index (χ1v) is 7.53. The summed E-state index contributed by atoms with van der Waals surface area (Å²) in [7, 11) is 0. The molecule has 0 fully saturated rings. The first kappa shape index (κ1) is 15.7. The summed E-state index contributed by atoms with van der Waals surface area (Å²) in [6.07, 6.45) is 9.10. The number of aryl methyl sites for hydroxylation is 2. The molecule has 0 amide bonds. The number of hydrogen-bond donors (Lipinski definition) is 1. The van der Waals surface area contributed by atoms with Gasteiger partial charge in [0.15, 0.2) is 0 Å². The van der Waals surface area contributed by atoms with Gasteiger partial charge in [0.2, 0.25) is 0 Å². The maximum absolute atomic E-state index is 11.2. The topological polar surface area (TPSA) is 37.3 Å². The molecule has 0 bridgehead atoms. The van der Waals surface area contributed by atoms with Crippen LogP contribution in [0.4, 0.5) is 0 Å². The Kier molecular flexibility index (Phi) is 7.24. The molecule has 0 unspecified atom stereocenters. The van der Waals surface area contributed by atoms with Crippen LogP contribution in [0.5, 0.6) is 0 Å². The Bertz CT molecular complexity index is 368. The average Bonchev–Trinajstić information content (AvgIpc) is 2.39. The molecule has 0 saturated carbocycles. The molecule has 0 aliphatic heterocycles. The van der Waals surface area contributed by atoms with Crippen molar-refractivity contribution in [1.29, 1.82) is 0 Å². The van der Waals surface area contributed by atoms with Crippen LogP contribution in [0.2, 0.25) is 0 Å². The lowest BCUT2D eigenvalue weighted by Gasteiger charge is -2.08. The molecule has 1 rings (SSSR count). The molecule has 19 heavy (non-hydrogen) atoms. The quantitative estimate of drug-likeness (QED) is 0.646. The van der Waals surface area contributed by atoms with Gasteiger partial charge in [-0.2, -0.15) is 0 Å². The van der Waals surface area contributed by atoms with Crippen molar-refractivity contribution < 1.29 is 9.90 Å². The number of carbonyl (C=O) groups is 1. The Morgan fingerprint density at radius 2 is 1.37 bits per heavy atom. The fourth-order valence-corrected chi connectivity index (χ4v) is 2.33. The molecule has 2 heteroatoms. The van der Waals surface area contributed by atoms with Gasteiger partial charge in [-0.3, -0.25) is 0 Å². The summed E-state index contributed by atoms with van der Waals surface area (Å²) in [5.74, 6) is -0.811. The van der Waals surface area contributed by atoms with Crippen LogP contribution in [0.3, 0.4) is 0 Å². The number of unbranched alkanes of at least 4 members (excludes halogenated alkanes) is 4. The largest absolute Gasteiger partial charge is 0.478 e. The van der Waals surface area contributed by atoms with Gasteiger partial charge >= 0.3 is 5.97 Å². The number of carboxylic acids is 1. The van der Waals surface area contributed by atoms with Gasteiger partial charge in [0.1, 0.15) is 0 Å². The lowest BCUT2D eigenvalue weighted by molar-refractivity contribution is 0.0696. The molecule has 0 spiro atoms. The zero-order chi connectivity index (χ0) is 14.1. The lowest BCUT2D eigenvalue weighted by Crippen LogP contribution is -2.01. The maximum Gasteiger partial charge on any atom is 0.335 e. The Morgan fingerprint density at radius 3 is 1.74 bits per heavy atom. The van der Waals surface area contributed by atoms with Crippen molar-refractivity contribution in [2.45, 2.75) is 65.2 Å². The zero-order valence-electron chi connectivity index (χ0n) is 12.2. The van der Waals surface area contributed by atoms with E-state index in [4.69, 9.17) is 0 Å². The van der Waals surface area contributed by atoms with Gasteiger partial charge in [0, 0.05) is 0 Å². The Labute approximate surface area is 116 Å². The van der Waals surface area contributed by atoms with E-state index in [1.807, 2.05) is 12.1 Å². The molecule has 0 atom stereocenters. The van der Waals surface area contributed by atoms with E-state index in [0.29, 0.717) is 5.56 Å². The highest BCUT2D eigenvalue weighted by atomic mass is 16.4. The molecule has 2 nitrogen and oxygen atoms in total. The number of benzene rings is 1. The fourth-order valence-electron chi connectivity index (χ4n) is 2.33. The minimum Gasteiger partial charge on any atom is -0.478 e. The van der Waals surface area contributed by atoms with Crippen molar-refractivity contribution >= 4 is 5.97 Å². The lowest BCUT2D eigenvalue weighted by atomic mass is 9.98. The standard InChI is InChI=1S/C17H26O2/c1-3-5-7-9-14-11-15(10-8-6-4-2)13-16(12-14)17(18)19/h11-13H,3-10H2,1-2H3,(H,18,19). The van der Waals surface area contributed by atoms with E-state index in [2.05, 4.69) is 19.9 Å². The number of rotatable bonds is 9. The van der Waals surface area contributed by atoms with E-state index < -0.39 is 5.97 Å². The van der Waals surface area contributed by atoms with Crippen LogP contribution in [-0.2, 0) is 12.8 Å². The molecule has 0 saturated heterocycles. The highest BCUT2D eigenvalue weighted by molar-refractivity contribution is 5.88. The first-order chi connectivity index (χ1) is 9.17. The molecular formula is C17H26O2. The highest BCUT2D eigenvalue weighted by Gasteiger charge is 2.07. The molecule has 0 aromatic heterocycles. The third-order valence-electron chi connectivity index (χ3n) is 3.44. The fraction of sp³-hybridized carbons (Fsp3) is 0.588. The Morgan fingerprint density at radius 1 is 0.895 bits per heavy atom. The Balaban J connectivity index is 2.75. The van der Waals surface area contributed by atoms with E-state index in [1.54, 1.807) is 0 Å². The number of hydrogen-bond acceptors (Lipinski definition) is 1. The number of carboxylic acid groups (broad SMARTS) is 1. The van der Waals surface area contributed by atoms with Gasteiger partial charge < -0.3 is 5.11 Å². The van der Waals surface area contributed by atoms with E-state index in [-0.39, 0.29) is 0 Å². The predicted octanol–water partition coefficient (Wildman–Crippen LogP) is 4.85. The third kappa shape index (κ3) is 5.91. The van der Waals surface area contributed by atoms with Crippen LogP contribution in [0, 0.1) is 0 Å². The summed E-state index contributed by atoms with van der Waals surface area (Å²) >= 11 is 0. The van der Waals surface area contributed by atoms with E-state index in [1.165, 1.54) is 36.8 Å². The normalized spacial score (nSPS) is 10.6. The van der Waals surface area contributed by atoms with Gasteiger partial charge in [-0.05, 0) is 48.9 Å². The monoisotopic (exact) mass is 262 g/mol. The minimum atomic E-state index is -0.811. The van der Waals surface area contributed by atoms with Gasteiger partial charge in [-0.25, -0.2) is 4.79 Å². The average molecular weight is 262 g/mol. The third-order valence-corrected chi connectivity index (χ3v) is 3.44. The van der Waals surface area contributed by atoms with E-state index in [9.17, 15) is 9.90 Å². The summed E-state index contributed by atoms with van der Waals surface area (Å²) in [4.78, 5) is 11.2. The van der Waals surface area contributed by atoms with Crippen molar-refractivity contribution in [3.05, 3.63) is 34.9 Å². The number of aromatic carboxylic acids is 1. The summed E-state index contributed by atoms with van der Waals surface area (Å²) in [6, 6.07) is 5.86. The molecule has 0 radical (unpaired) electrons. The van der Waals surface area contributed by atoms with Crippen LogP contribution in [0.15, 0.2) is 18.2 Å². The van der Waals surface area contributed by atoms with Crippen molar-refractivity contribution in [3.8, 4) is 0 Å². The van der Waals surface area contributed by atoms with Gasteiger partial charge in [-0.1, -0.05) is 45.6 Å². The SMILES string of the molecule is CCCCCc1cc(CCCCC)cc(C(=O)O)c1. The van der Waals surface area contributed by atoms with Crippen molar-refractivity contribution in [2.24, 2.45) is 0 Å². The maximum atomic E-state index is 11.2. The summed E-state index contributed by atoms with van der Waals surface area (Å²) in [6.45, 7) is 4.37. The molecule has 1 N–H and O–H groups in total. The van der Waals surface area contributed by atoms with Gasteiger partial charge in [0.05, 0.1) is 5.56 Å². The summed E-state index contributed by atoms with van der Waals surface area (Å²) in [5, 5.41) is 9.18. The van der Waals surface area contributed by atoms with Crippen LogP contribution in [0.1, 0.15) is 73.9 Å². The molecule has 1 aromatic rings. The van der Waals surface area contributed by atoms with Crippen molar-refractivity contribution in [1.82, 2.24) is 0 Å². The smallest absolute Gasteiger partial charge is 0.335 e. The Hall–Kier alpha value is -1.31. The van der Waals surface area contributed by atoms with E-state index in [0.717, 1.165) is 25.7 Å². The van der Waals surface area contributed by atoms with Crippen LogP contribution < -0.4 is 0 Å². The minimum absolute atomic E-state index is 0.445. The second-order valence-corrected chi connectivity index (χ2v) is 5.26. The van der Waals surface area contributed by atoms with Gasteiger partial charge in [0.25, 0.3) is 0 Å². The molecule has 0 heterocycles. The molecule has 106 valence electrons. The predicted molar refractivity (Wildman–Crippen MR) is 79.9 cm³/mol. The van der Waals surface area contributed by atoms with Crippen LogP contribution in [-0.4, -0.2) is 11.1 Å². The highest BCUT2D eigenvalue weighted by Crippen LogP contribution is 2.16. The van der Waals surface area contributed by atoms with Crippen molar-refractivity contribution in [3.63, 3.8) is 0 Å². The van der Waals surface area contributed by atoms with Crippen LogP contribution in [0.25, 0.3) is 0 Å². The zero-order valence-corrected chi connectivity index (χ0v) is 12.2. The molecule has 0 aliphatic rings. The molecular weight excluding hydrogens is 236 g/mol. The van der Waals surface area contributed by atoms with Crippen molar-refractivity contribution in [2.75, 3.05) is 0 Å². The summed E-state index contributed by atoms with van der Waals surface area (Å²) in [5.41, 5.74) is 2.81.